The summed E-state index contributed by atoms with van der Waals surface area (Å²) >= 11 is 0. The topological polar surface area (TPSA) is 114 Å². The van der Waals surface area contributed by atoms with E-state index in [1.165, 1.54) is 29.4 Å². The standard InChI is InChI=1S/2C18H15S.C2H5FO6S2/c2*1-4-10-16(11-5-1)19(17-12-6-2-7-13-17)18-14-8-3-9-15-18;3-2(11(7,8)9)1-10(4,5)6/h2*1-15H;2H,1H2,(H,4,5,6)(H,7,8,9)/q2*+1;/p-2. The molecule has 6 rings (SSSR count). The Hall–Kier alpha value is -4.23. The van der Waals surface area contributed by atoms with Crippen molar-refractivity contribution in [2.75, 3.05) is 5.75 Å². The lowest BCUT2D eigenvalue weighted by molar-refractivity contribution is 0.370. The summed E-state index contributed by atoms with van der Waals surface area (Å²) in [4.78, 5) is 8.17. The van der Waals surface area contributed by atoms with Crippen molar-refractivity contribution >= 4 is 42.0 Å². The van der Waals surface area contributed by atoms with E-state index in [-0.39, 0.29) is 21.8 Å². The second-order valence-electron chi connectivity index (χ2n) is 10.1. The lowest BCUT2D eigenvalue weighted by Crippen LogP contribution is -2.24. The molecule has 0 aliphatic carbocycles. The second kappa shape index (κ2) is 18.5. The van der Waals surface area contributed by atoms with Crippen molar-refractivity contribution in [2.24, 2.45) is 0 Å². The molecule has 0 heterocycles. The Labute approximate surface area is 293 Å². The van der Waals surface area contributed by atoms with E-state index in [9.17, 15) is 30.3 Å². The van der Waals surface area contributed by atoms with E-state index in [1.54, 1.807) is 0 Å². The molecule has 1 atom stereocenters. The monoisotopic (exact) mass is 732 g/mol. The Kier molecular flexibility index (Phi) is 14.2. The highest BCUT2D eigenvalue weighted by Gasteiger charge is 2.28. The van der Waals surface area contributed by atoms with Gasteiger partial charge in [-0.2, -0.15) is 0 Å². The third-order valence-corrected chi connectivity index (χ3v) is 12.7. The Balaban J connectivity index is 0.000000173. The minimum atomic E-state index is -5.33. The number of alkyl halides is 1. The Morgan fingerprint density at radius 3 is 0.714 bits per heavy atom. The van der Waals surface area contributed by atoms with Gasteiger partial charge >= 0.3 is 0 Å². The molecule has 0 saturated carbocycles. The minimum absolute atomic E-state index is 0.0146. The normalized spacial score (nSPS) is 11.9. The van der Waals surface area contributed by atoms with Gasteiger partial charge < -0.3 is 9.11 Å². The Bertz CT molecular complexity index is 1730. The van der Waals surface area contributed by atoms with Crippen molar-refractivity contribution in [1.82, 2.24) is 0 Å². The van der Waals surface area contributed by atoms with Gasteiger partial charge in [0, 0.05) is 0 Å². The average molecular weight is 733 g/mol. The van der Waals surface area contributed by atoms with E-state index in [0.29, 0.717) is 0 Å². The van der Waals surface area contributed by atoms with Crippen molar-refractivity contribution in [3.05, 3.63) is 182 Å². The molecule has 6 aromatic carbocycles. The van der Waals surface area contributed by atoms with Crippen molar-refractivity contribution < 1.29 is 30.3 Å². The number of hydrogen-bond acceptors (Lipinski definition) is 6. The fourth-order valence-corrected chi connectivity index (χ4v) is 10.1. The van der Waals surface area contributed by atoms with Crippen LogP contribution < -0.4 is 0 Å². The van der Waals surface area contributed by atoms with Crippen molar-refractivity contribution in [3.8, 4) is 0 Å². The molecule has 11 heteroatoms. The fraction of sp³-hybridized carbons (Fsp3) is 0.0526. The van der Waals surface area contributed by atoms with Crippen molar-refractivity contribution in [3.63, 3.8) is 0 Å². The molecule has 0 aliphatic rings. The van der Waals surface area contributed by atoms with Gasteiger partial charge in [0.05, 0.1) is 37.7 Å². The molecule has 0 radical (unpaired) electrons. The first-order chi connectivity index (χ1) is 23.5. The third kappa shape index (κ3) is 12.3. The minimum Gasteiger partial charge on any atom is -0.748 e. The van der Waals surface area contributed by atoms with Crippen LogP contribution in [0.3, 0.4) is 0 Å². The van der Waals surface area contributed by atoms with Crippen LogP contribution in [0.25, 0.3) is 0 Å². The molecular weight excluding hydrogens is 700 g/mol. The highest BCUT2D eigenvalue weighted by atomic mass is 32.2. The number of rotatable bonds is 9. The molecular formula is C38H33FO6S4. The molecule has 0 aliphatic heterocycles. The molecule has 6 aromatic rings. The first-order valence-electron chi connectivity index (χ1n) is 14.8. The summed E-state index contributed by atoms with van der Waals surface area (Å²) in [5, 5.41) is 0. The smallest absolute Gasteiger partial charge is 0.202 e. The fourth-order valence-electron chi connectivity index (χ4n) is 4.40. The molecule has 252 valence electrons. The first-order valence-corrected chi connectivity index (χ1v) is 20.3. The summed E-state index contributed by atoms with van der Waals surface area (Å²) in [6.45, 7) is 0. The summed E-state index contributed by atoms with van der Waals surface area (Å²) in [5.41, 5.74) is -3.18. The van der Waals surface area contributed by atoms with Gasteiger partial charge in [0.1, 0.15) is 10.1 Å². The zero-order valence-corrected chi connectivity index (χ0v) is 29.3. The molecule has 0 aromatic heterocycles. The van der Waals surface area contributed by atoms with Crippen LogP contribution in [-0.2, 0) is 42.0 Å². The molecule has 0 bridgehead atoms. The maximum absolute atomic E-state index is 11.9. The van der Waals surface area contributed by atoms with Gasteiger partial charge in [-0.3, -0.25) is 0 Å². The van der Waals surface area contributed by atoms with Crippen LogP contribution in [0.15, 0.2) is 211 Å². The number of hydrogen-bond donors (Lipinski definition) is 0. The number of halogens is 1. The molecule has 6 nitrogen and oxygen atoms in total. The summed E-state index contributed by atoms with van der Waals surface area (Å²) in [5.74, 6) is -1.83. The first kappa shape index (κ1) is 37.6. The molecule has 0 saturated heterocycles. The van der Waals surface area contributed by atoms with Crippen molar-refractivity contribution in [2.45, 2.75) is 34.9 Å². The number of benzene rings is 6. The van der Waals surface area contributed by atoms with Gasteiger partial charge in [-0.25, -0.2) is 21.2 Å². The maximum atomic E-state index is 11.9. The van der Waals surface area contributed by atoms with Crippen molar-refractivity contribution in [1.29, 1.82) is 0 Å². The van der Waals surface area contributed by atoms with E-state index >= 15 is 0 Å². The van der Waals surface area contributed by atoms with Gasteiger partial charge in [-0.15, -0.1) is 0 Å². The van der Waals surface area contributed by atoms with Crippen LogP contribution in [0.2, 0.25) is 0 Å². The summed E-state index contributed by atoms with van der Waals surface area (Å²) in [7, 11) is -10.4. The third-order valence-electron chi connectivity index (χ3n) is 6.52. The van der Waals surface area contributed by atoms with E-state index < -0.39 is 31.5 Å². The molecule has 0 spiro atoms. The van der Waals surface area contributed by atoms with E-state index in [2.05, 4.69) is 182 Å². The van der Waals surface area contributed by atoms with Crippen LogP contribution in [-0.4, -0.2) is 37.2 Å². The molecule has 0 N–H and O–H groups in total. The summed E-state index contributed by atoms with van der Waals surface area (Å²) < 4.78 is 70.0. The van der Waals surface area contributed by atoms with Gasteiger partial charge in [-0.1, -0.05) is 109 Å². The van der Waals surface area contributed by atoms with Crippen LogP contribution in [0.5, 0.6) is 0 Å². The maximum Gasteiger partial charge on any atom is 0.202 e. The van der Waals surface area contributed by atoms with Crippen LogP contribution >= 0.6 is 0 Å². The lowest BCUT2D eigenvalue weighted by Gasteiger charge is -2.13. The van der Waals surface area contributed by atoms with Crippen LogP contribution in [0, 0.1) is 0 Å². The summed E-state index contributed by atoms with van der Waals surface area (Å²) in [6, 6.07) is 64.3. The van der Waals surface area contributed by atoms with Crippen LogP contribution in [0.4, 0.5) is 4.39 Å². The van der Waals surface area contributed by atoms with E-state index in [4.69, 9.17) is 0 Å². The zero-order chi connectivity index (χ0) is 35.1. The van der Waals surface area contributed by atoms with Gasteiger partial charge in [0.2, 0.25) is 5.50 Å². The molecule has 49 heavy (non-hydrogen) atoms. The lowest BCUT2D eigenvalue weighted by atomic mass is 10.4. The van der Waals surface area contributed by atoms with E-state index in [1.807, 2.05) is 0 Å². The van der Waals surface area contributed by atoms with Gasteiger partial charge in [0.15, 0.2) is 29.4 Å². The predicted octanol–water partition coefficient (Wildman–Crippen LogP) is 7.94. The van der Waals surface area contributed by atoms with E-state index in [0.717, 1.165) is 0 Å². The largest absolute Gasteiger partial charge is 0.748 e. The summed E-state index contributed by atoms with van der Waals surface area (Å²) in [6.07, 6.45) is 0. The Morgan fingerprint density at radius 2 is 0.592 bits per heavy atom. The predicted molar refractivity (Wildman–Crippen MR) is 192 cm³/mol. The molecule has 0 amide bonds. The van der Waals surface area contributed by atoms with Gasteiger partial charge in [0.25, 0.3) is 0 Å². The highest BCUT2D eigenvalue weighted by molar-refractivity contribution is 7.97. The second-order valence-corrected chi connectivity index (χ2v) is 17.1. The Morgan fingerprint density at radius 1 is 0.408 bits per heavy atom. The SMILES string of the molecule is O=S(=O)([O-])CC(F)S(=O)(=O)[O-].c1ccc([S+](c2ccccc2)c2ccccc2)cc1.c1ccc([S+](c2ccccc2)c2ccccc2)cc1. The molecule has 1 unspecified atom stereocenters. The molecule has 0 fully saturated rings. The highest BCUT2D eigenvalue weighted by Crippen LogP contribution is 2.31. The van der Waals surface area contributed by atoms with Gasteiger partial charge in [-0.05, 0) is 72.8 Å². The average Bonchev–Trinajstić information content (AvgIpc) is 3.11. The quantitative estimate of drug-likeness (QED) is 0.110. The van der Waals surface area contributed by atoms with Crippen LogP contribution in [0.1, 0.15) is 0 Å². The zero-order valence-electron chi connectivity index (χ0n) is 26.1.